The fourth-order valence-electron chi connectivity index (χ4n) is 3.26. The number of ether oxygens (including phenoxy) is 1. The Morgan fingerprint density at radius 3 is 2.38 bits per heavy atom. The highest BCUT2D eigenvalue weighted by atomic mass is 35.5. The van der Waals surface area contributed by atoms with Crippen LogP contribution >= 0.6 is 11.6 Å². The van der Waals surface area contributed by atoms with Gasteiger partial charge in [-0.1, -0.05) is 18.5 Å². The fraction of sp³-hybridized carbons (Fsp3) is 0.364. The van der Waals surface area contributed by atoms with Crippen LogP contribution < -0.4 is 15.4 Å². The summed E-state index contributed by atoms with van der Waals surface area (Å²) in [4.78, 5) is 26.6. The van der Waals surface area contributed by atoms with Crippen LogP contribution in [-0.2, 0) is 4.79 Å². The summed E-state index contributed by atoms with van der Waals surface area (Å²) < 4.78 is 5.10. The van der Waals surface area contributed by atoms with E-state index in [9.17, 15) is 9.59 Å². The number of hydrogen-bond acceptors (Lipinski definition) is 4. The van der Waals surface area contributed by atoms with Gasteiger partial charge in [-0.3, -0.25) is 9.59 Å². The van der Waals surface area contributed by atoms with Crippen molar-refractivity contribution in [2.24, 2.45) is 5.92 Å². The molecule has 1 saturated heterocycles. The number of benzene rings is 2. The van der Waals surface area contributed by atoms with Crippen LogP contribution in [0.2, 0.25) is 5.02 Å². The highest BCUT2D eigenvalue weighted by molar-refractivity contribution is 6.32. The molecule has 29 heavy (non-hydrogen) atoms. The molecule has 0 saturated carbocycles. The normalized spacial score (nSPS) is 14.4. The van der Waals surface area contributed by atoms with Crippen molar-refractivity contribution in [3.8, 4) is 5.75 Å². The zero-order valence-electron chi connectivity index (χ0n) is 16.7. The number of likely N-dealkylation sites (tertiary alicyclic amines) is 1. The third-order valence-corrected chi connectivity index (χ3v) is 5.39. The van der Waals surface area contributed by atoms with E-state index in [0.717, 1.165) is 31.6 Å². The molecule has 1 aliphatic heterocycles. The van der Waals surface area contributed by atoms with E-state index in [0.29, 0.717) is 27.9 Å². The van der Waals surface area contributed by atoms with Gasteiger partial charge in [0, 0.05) is 30.0 Å². The molecule has 0 aromatic heterocycles. The Bertz CT molecular complexity index is 862. The van der Waals surface area contributed by atoms with Crippen LogP contribution in [0.5, 0.6) is 5.75 Å². The quantitative estimate of drug-likeness (QED) is 0.739. The molecule has 2 N–H and O–H groups in total. The van der Waals surface area contributed by atoms with Crippen molar-refractivity contribution in [2.75, 3.05) is 37.4 Å². The minimum Gasteiger partial charge on any atom is -0.495 e. The maximum Gasteiger partial charge on any atom is 0.253 e. The number of methoxy groups -OCH3 is 1. The minimum atomic E-state index is -0.200. The lowest BCUT2D eigenvalue weighted by atomic mass is 9.98. The molecule has 1 heterocycles. The first-order valence-corrected chi connectivity index (χ1v) is 10.1. The van der Waals surface area contributed by atoms with Gasteiger partial charge in [0.05, 0.1) is 18.7 Å². The molecule has 0 unspecified atom stereocenters. The van der Waals surface area contributed by atoms with Gasteiger partial charge >= 0.3 is 0 Å². The average Bonchev–Trinajstić information content (AvgIpc) is 2.73. The van der Waals surface area contributed by atoms with E-state index in [-0.39, 0.29) is 18.4 Å². The summed E-state index contributed by atoms with van der Waals surface area (Å²) in [7, 11) is 1.54. The number of halogens is 1. The second kappa shape index (κ2) is 9.65. The largest absolute Gasteiger partial charge is 0.495 e. The number of rotatable bonds is 6. The van der Waals surface area contributed by atoms with Gasteiger partial charge in [-0.25, -0.2) is 0 Å². The number of hydrogen-bond donors (Lipinski definition) is 2. The fourth-order valence-corrected chi connectivity index (χ4v) is 3.51. The lowest BCUT2D eigenvalue weighted by Crippen LogP contribution is -2.37. The van der Waals surface area contributed by atoms with Gasteiger partial charge in [-0.05, 0) is 61.2 Å². The molecule has 2 aromatic carbocycles. The van der Waals surface area contributed by atoms with Crippen molar-refractivity contribution in [2.45, 2.75) is 19.8 Å². The van der Waals surface area contributed by atoms with E-state index in [1.165, 1.54) is 7.11 Å². The van der Waals surface area contributed by atoms with E-state index < -0.39 is 0 Å². The molecule has 0 radical (unpaired) electrons. The molecule has 154 valence electrons. The number of carbonyl (C=O) groups is 2. The standard InChI is InChI=1S/C22H26ClN3O3/c1-15-9-11-26(12-10-15)22(28)16-3-5-17(6-4-16)24-14-21(27)25-18-7-8-20(29-2)19(23)13-18/h3-8,13,15,24H,9-12,14H2,1-2H3,(H,25,27). The molecule has 6 nitrogen and oxygen atoms in total. The molecule has 2 amide bonds. The number of anilines is 2. The monoisotopic (exact) mass is 415 g/mol. The third-order valence-electron chi connectivity index (χ3n) is 5.09. The second-order valence-electron chi connectivity index (χ2n) is 7.30. The maximum absolute atomic E-state index is 12.6. The number of carbonyl (C=O) groups excluding carboxylic acids is 2. The molecular formula is C22H26ClN3O3. The Morgan fingerprint density at radius 2 is 1.76 bits per heavy atom. The van der Waals surface area contributed by atoms with Crippen LogP contribution in [0.1, 0.15) is 30.1 Å². The highest BCUT2D eigenvalue weighted by Crippen LogP contribution is 2.27. The van der Waals surface area contributed by atoms with Crippen molar-refractivity contribution < 1.29 is 14.3 Å². The number of nitrogens with one attached hydrogen (secondary N) is 2. The first-order valence-electron chi connectivity index (χ1n) is 9.73. The van der Waals surface area contributed by atoms with Crippen molar-refractivity contribution in [3.63, 3.8) is 0 Å². The molecule has 3 rings (SSSR count). The van der Waals surface area contributed by atoms with E-state index in [1.807, 2.05) is 17.0 Å². The first-order chi connectivity index (χ1) is 14.0. The number of amides is 2. The van der Waals surface area contributed by atoms with Crippen molar-refractivity contribution in [3.05, 3.63) is 53.1 Å². The average molecular weight is 416 g/mol. The van der Waals surface area contributed by atoms with Gasteiger partial charge in [0.15, 0.2) is 0 Å². The molecule has 1 aliphatic rings. The summed E-state index contributed by atoms with van der Waals surface area (Å²) in [5, 5.41) is 6.27. The smallest absolute Gasteiger partial charge is 0.253 e. The summed E-state index contributed by atoms with van der Waals surface area (Å²) in [6, 6.07) is 12.3. The third kappa shape index (κ3) is 5.64. The highest BCUT2D eigenvalue weighted by Gasteiger charge is 2.21. The van der Waals surface area contributed by atoms with Gasteiger partial charge in [-0.15, -0.1) is 0 Å². The molecule has 7 heteroatoms. The Balaban J connectivity index is 1.50. The van der Waals surface area contributed by atoms with Crippen molar-refractivity contribution in [1.82, 2.24) is 4.90 Å². The van der Waals surface area contributed by atoms with Crippen LogP contribution in [0.4, 0.5) is 11.4 Å². The van der Waals surface area contributed by atoms with Crippen molar-refractivity contribution in [1.29, 1.82) is 0 Å². The summed E-state index contributed by atoms with van der Waals surface area (Å²) >= 11 is 6.07. The predicted molar refractivity (Wildman–Crippen MR) is 116 cm³/mol. The maximum atomic E-state index is 12.6. The number of piperidine rings is 1. The number of nitrogens with zero attached hydrogens (tertiary/aromatic N) is 1. The Hall–Kier alpha value is -2.73. The summed E-state index contributed by atoms with van der Waals surface area (Å²) in [6.07, 6.45) is 2.11. The molecule has 2 aromatic rings. The Labute approximate surface area is 176 Å². The van der Waals surface area contributed by atoms with Gasteiger partial charge in [0.2, 0.25) is 5.91 Å². The second-order valence-corrected chi connectivity index (χ2v) is 7.71. The molecular weight excluding hydrogens is 390 g/mol. The van der Waals surface area contributed by atoms with Crippen LogP contribution in [0, 0.1) is 5.92 Å². The molecule has 0 spiro atoms. The van der Waals surface area contributed by atoms with Gasteiger partial charge in [0.25, 0.3) is 5.91 Å². The lowest BCUT2D eigenvalue weighted by molar-refractivity contribution is -0.114. The SMILES string of the molecule is COc1ccc(NC(=O)CNc2ccc(C(=O)N3CCC(C)CC3)cc2)cc1Cl. The molecule has 0 aliphatic carbocycles. The zero-order valence-corrected chi connectivity index (χ0v) is 17.5. The van der Waals surface area contributed by atoms with E-state index >= 15 is 0 Å². The lowest BCUT2D eigenvalue weighted by Gasteiger charge is -2.30. The topological polar surface area (TPSA) is 70.7 Å². The minimum absolute atomic E-state index is 0.0672. The molecule has 1 fully saturated rings. The van der Waals surface area contributed by atoms with Gasteiger partial charge in [0.1, 0.15) is 5.75 Å². The van der Waals surface area contributed by atoms with E-state index in [4.69, 9.17) is 16.3 Å². The van der Waals surface area contributed by atoms with Gasteiger partial charge in [-0.2, -0.15) is 0 Å². The van der Waals surface area contributed by atoms with Crippen molar-refractivity contribution >= 4 is 34.8 Å². The molecule has 0 atom stereocenters. The summed E-state index contributed by atoms with van der Waals surface area (Å²) in [5.41, 5.74) is 2.04. The van der Waals surface area contributed by atoms with Crippen LogP contribution in [0.25, 0.3) is 0 Å². The van der Waals surface area contributed by atoms with E-state index in [1.54, 1.807) is 30.3 Å². The Morgan fingerprint density at radius 1 is 1.10 bits per heavy atom. The zero-order chi connectivity index (χ0) is 20.8. The van der Waals surface area contributed by atoms with Crippen LogP contribution in [0.3, 0.4) is 0 Å². The summed E-state index contributed by atoms with van der Waals surface area (Å²) in [6.45, 7) is 3.95. The molecule has 0 bridgehead atoms. The predicted octanol–water partition coefficient (Wildman–Crippen LogP) is 4.27. The van der Waals surface area contributed by atoms with E-state index in [2.05, 4.69) is 17.6 Å². The first kappa shape index (κ1) is 21.0. The van der Waals surface area contributed by atoms with Crippen LogP contribution in [0.15, 0.2) is 42.5 Å². The van der Waals surface area contributed by atoms with Gasteiger partial charge < -0.3 is 20.3 Å². The Kier molecular flexibility index (Phi) is 6.99. The summed E-state index contributed by atoms with van der Waals surface area (Å²) in [5.74, 6) is 1.11. The van der Waals surface area contributed by atoms with Crippen LogP contribution in [-0.4, -0.2) is 43.5 Å².